The molecule has 0 amide bonds. The highest BCUT2D eigenvalue weighted by atomic mass is 32.1. The van der Waals surface area contributed by atoms with E-state index in [-0.39, 0.29) is 12.1 Å². The van der Waals surface area contributed by atoms with E-state index in [9.17, 15) is 9.90 Å². The van der Waals surface area contributed by atoms with Crippen LogP contribution in [0.25, 0.3) is 0 Å². The van der Waals surface area contributed by atoms with E-state index in [0.29, 0.717) is 17.5 Å². The SMILES string of the molecule is COC(=O)c1ccc(CN(CC(C)O)C2CCCCC2)s1. The molecule has 1 saturated carbocycles. The molecule has 1 atom stereocenters. The first-order valence-corrected chi connectivity index (χ1v) is 8.51. The van der Waals surface area contributed by atoms with E-state index in [2.05, 4.69) is 4.90 Å². The molecule has 0 spiro atoms. The van der Waals surface area contributed by atoms with Crippen molar-refractivity contribution >= 4 is 17.3 Å². The van der Waals surface area contributed by atoms with Gasteiger partial charge in [0.2, 0.25) is 0 Å². The third kappa shape index (κ3) is 4.80. The van der Waals surface area contributed by atoms with Crippen LogP contribution >= 0.6 is 11.3 Å². The van der Waals surface area contributed by atoms with Gasteiger partial charge in [0.1, 0.15) is 4.88 Å². The summed E-state index contributed by atoms with van der Waals surface area (Å²) >= 11 is 1.49. The standard InChI is InChI=1S/C16H25NO3S/c1-12(18)10-17(13-6-4-3-5-7-13)11-14-8-9-15(21-14)16(19)20-2/h8-9,12-13,18H,3-7,10-11H2,1-2H3. The molecule has 1 unspecified atom stereocenters. The molecule has 2 rings (SSSR count). The highest BCUT2D eigenvalue weighted by Gasteiger charge is 2.23. The molecule has 0 radical (unpaired) electrons. The lowest BCUT2D eigenvalue weighted by Crippen LogP contribution is -2.40. The molecule has 1 aliphatic rings. The Bertz CT molecular complexity index is 452. The zero-order chi connectivity index (χ0) is 15.2. The van der Waals surface area contributed by atoms with Crippen LogP contribution in [0.1, 0.15) is 53.6 Å². The molecule has 1 fully saturated rings. The van der Waals surface area contributed by atoms with Gasteiger partial charge in [-0.3, -0.25) is 4.90 Å². The Morgan fingerprint density at radius 2 is 2.14 bits per heavy atom. The van der Waals surface area contributed by atoms with Crippen LogP contribution in [0.4, 0.5) is 0 Å². The quantitative estimate of drug-likeness (QED) is 0.820. The molecule has 0 saturated heterocycles. The number of carbonyl (C=O) groups is 1. The summed E-state index contributed by atoms with van der Waals surface area (Å²) in [6.45, 7) is 3.33. The largest absolute Gasteiger partial charge is 0.465 e. The predicted molar refractivity (Wildman–Crippen MR) is 84.6 cm³/mol. The predicted octanol–water partition coefficient (Wildman–Crippen LogP) is 3.05. The van der Waals surface area contributed by atoms with Gasteiger partial charge in [-0.2, -0.15) is 0 Å². The van der Waals surface area contributed by atoms with Gasteiger partial charge in [0.05, 0.1) is 13.2 Å². The van der Waals surface area contributed by atoms with Gasteiger partial charge in [-0.15, -0.1) is 11.3 Å². The zero-order valence-electron chi connectivity index (χ0n) is 12.9. The third-order valence-electron chi connectivity index (χ3n) is 4.00. The smallest absolute Gasteiger partial charge is 0.348 e. The molecule has 0 aromatic carbocycles. The molecule has 118 valence electrons. The van der Waals surface area contributed by atoms with E-state index in [0.717, 1.165) is 11.4 Å². The van der Waals surface area contributed by atoms with Gasteiger partial charge in [-0.05, 0) is 31.9 Å². The van der Waals surface area contributed by atoms with Gasteiger partial charge in [-0.25, -0.2) is 4.79 Å². The molecular weight excluding hydrogens is 286 g/mol. The van der Waals surface area contributed by atoms with Crippen molar-refractivity contribution < 1.29 is 14.6 Å². The molecule has 0 aliphatic heterocycles. The number of methoxy groups -OCH3 is 1. The number of carbonyl (C=O) groups excluding carboxylic acids is 1. The van der Waals surface area contributed by atoms with E-state index in [1.807, 2.05) is 19.1 Å². The third-order valence-corrected chi connectivity index (χ3v) is 5.05. The maximum atomic E-state index is 11.5. The fourth-order valence-electron chi connectivity index (χ4n) is 3.00. The van der Waals surface area contributed by atoms with E-state index >= 15 is 0 Å². The molecule has 1 heterocycles. The number of esters is 1. The maximum Gasteiger partial charge on any atom is 0.348 e. The summed E-state index contributed by atoms with van der Waals surface area (Å²) in [6.07, 6.45) is 5.97. The van der Waals surface area contributed by atoms with Crippen LogP contribution in [0.3, 0.4) is 0 Å². The summed E-state index contributed by atoms with van der Waals surface area (Å²) in [5, 5.41) is 9.75. The van der Waals surface area contributed by atoms with Gasteiger partial charge >= 0.3 is 5.97 Å². The summed E-state index contributed by atoms with van der Waals surface area (Å²) in [7, 11) is 1.41. The van der Waals surface area contributed by atoms with Crippen LogP contribution in [0, 0.1) is 0 Å². The first kappa shape index (κ1) is 16.5. The van der Waals surface area contributed by atoms with Gasteiger partial charge in [-0.1, -0.05) is 19.3 Å². The van der Waals surface area contributed by atoms with E-state index in [4.69, 9.17) is 4.74 Å². The van der Waals surface area contributed by atoms with Crippen LogP contribution < -0.4 is 0 Å². The summed E-state index contributed by atoms with van der Waals surface area (Å²) in [4.78, 5) is 15.7. The number of aliphatic hydroxyl groups excluding tert-OH is 1. The Morgan fingerprint density at radius 1 is 1.43 bits per heavy atom. The Labute approximate surface area is 130 Å². The van der Waals surface area contributed by atoms with E-state index in [1.165, 1.54) is 50.6 Å². The molecule has 1 aromatic heterocycles. The molecular formula is C16H25NO3S. The number of aliphatic hydroxyl groups is 1. The van der Waals surface area contributed by atoms with Gasteiger partial charge < -0.3 is 9.84 Å². The van der Waals surface area contributed by atoms with Crippen molar-refractivity contribution in [2.75, 3.05) is 13.7 Å². The maximum absolute atomic E-state index is 11.5. The van der Waals surface area contributed by atoms with Gasteiger partial charge in [0, 0.05) is 24.0 Å². The molecule has 1 N–H and O–H groups in total. The van der Waals surface area contributed by atoms with Crippen LogP contribution in [0.2, 0.25) is 0 Å². The van der Waals surface area contributed by atoms with Crippen LogP contribution in [0.15, 0.2) is 12.1 Å². The molecule has 4 nitrogen and oxygen atoms in total. The number of hydrogen-bond donors (Lipinski definition) is 1. The lowest BCUT2D eigenvalue weighted by molar-refractivity contribution is 0.0606. The lowest BCUT2D eigenvalue weighted by atomic mass is 9.94. The van der Waals surface area contributed by atoms with E-state index < -0.39 is 0 Å². The van der Waals surface area contributed by atoms with Crippen molar-refractivity contribution in [2.45, 2.75) is 57.7 Å². The van der Waals surface area contributed by atoms with Crippen molar-refractivity contribution in [1.82, 2.24) is 4.90 Å². The highest BCUT2D eigenvalue weighted by Crippen LogP contribution is 2.26. The summed E-state index contributed by atoms with van der Waals surface area (Å²) in [6, 6.07) is 4.37. The van der Waals surface area contributed by atoms with Crippen molar-refractivity contribution in [2.24, 2.45) is 0 Å². The molecule has 21 heavy (non-hydrogen) atoms. The molecule has 1 aliphatic carbocycles. The fraction of sp³-hybridized carbons (Fsp3) is 0.688. The summed E-state index contributed by atoms with van der Waals surface area (Å²) in [5.74, 6) is -0.272. The normalized spacial score (nSPS) is 17.9. The Kier molecular flexibility index (Phi) is 6.21. The van der Waals surface area contributed by atoms with Crippen LogP contribution in [-0.4, -0.2) is 41.8 Å². The highest BCUT2D eigenvalue weighted by molar-refractivity contribution is 7.13. The van der Waals surface area contributed by atoms with Gasteiger partial charge in [0.15, 0.2) is 0 Å². The topological polar surface area (TPSA) is 49.8 Å². The number of hydrogen-bond acceptors (Lipinski definition) is 5. The van der Waals surface area contributed by atoms with E-state index in [1.54, 1.807) is 0 Å². The average molecular weight is 311 g/mol. The van der Waals surface area contributed by atoms with Crippen molar-refractivity contribution in [3.63, 3.8) is 0 Å². The second-order valence-electron chi connectivity index (χ2n) is 5.83. The summed E-state index contributed by atoms with van der Waals surface area (Å²) in [5.41, 5.74) is 0. The van der Waals surface area contributed by atoms with Crippen LogP contribution in [0.5, 0.6) is 0 Å². The fourth-order valence-corrected chi connectivity index (χ4v) is 3.95. The second-order valence-corrected chi connectivity index (χ2v) is 7.00. The minimum Gasteiger partial charge on any atom is -0.465 e. The number of ether oxygens (including phenoxy) is 1. The Hall–Kier alpha value is -0.910. The molecule has 0 bridgehead atoms. The van der Waals surface area contributed by atoms with Gasteiger partial charge in [0.25, 0.3) is 0 Å². The monoisotopic (exact) mass is 311 g/mol. The number of rotatable bonds is 6. The first-order chi connectivity index (χ1) is 10.1. The zero-order valence-corrected chi connectivity index (χ0v) is 13.7. The van der Waals surface area contributed by atoms with Crippen molar-refractivity contribution in [3.05, 3.63) is 21.9 Å². The van der Waals surface area contributed by atoms with Crippen molar-refractivity contribution in [1.29, 1.82) is 0 Å². The second kappa shape index (κ2) is 7.92. The summed E-state index contributed by atoms with van der Waals surface area (Å²) < 4.78 is 4.75. The number of nitrogens with zero attached hydrogens (tertiary/aromatic N) is 1. The average Bonchev–Trinajstić information content (AvgIpc) is 2.95. The van der Waals surface area contributed by atoms with Crippen LogP contribution in [-0.2, 0) is 11.3 Å². The Balaban J connectivity index is 2.03. The first-order valence-electron chi connectivity index (χ1n) is 7.69. The number of thiophene rings is 1. The lowest BCUT2D eigenvalue weighted by Gasteiger charge is -2.34. The minimum absolute atomic E-state index is 0.272. The molecule has 5 heteroatoms. The van der Waals surface area contributed by atoms with Crippen molar-refractivity contribution in [3.8, 4) is 0 Å². The Morgan fingerprint density at radius 3 is 2.76 bits per heavy atom. The minimum atomic E-state index is -0.327. The molecule has 1 aromatic rings.